The zero-order chi connectivity index (χ0) is 14.0. The van der Waals surface area contributed by atoms with Crippen molar-refractivity contribution in [1.82, 2.24) is 15.1 Å². The van der Waals surface area contributed by atoms with E-state index in [9.17, 15) is 0 Å². The van der Waals surface area contributed by atoms with Gasteiger partial charge >= 0.3 is 0 Å². The molecule has 0 aliphatic heterocycles. The first-order chi connectivity index (χ1) is 9.12. The van der Waals surface area contributed by atoms with Crippen molar-refractivity contribution < 1.29 is 4.74 Å². The van der Waals surface area contributed by atoms with Crippen molar-refractivity contribution in [2.75, 3.05) is 14.2 Å². The molecule has 0 amide bonds. The number of thiophene rings is 1. The second-order valence-corrected chi connectivity index (χ2v) is 6.20. The smallest absolute Gasteiger partial charge is 0.161 e. The summed E-state index contributed by atoms with van der Waals surface area (Å²) in [5.74, 6) is 0.736. The molecular formula is C12H15Cl2N3OS. The van der Waals surface area contributed by atoms with Gasteiger partial charge in [-0.1, -0.05) is 23.2 Å². The molecule has 7 heteroatoms. The summed E-state index contributed by atoms with van der Waals surface area (Å²) in [6.45, 7) is 2.79. The Morgan fingerprint density at radius 2 is 2.26 bits per heavy atom. The number of nitrogens with zero attached hydrogens (tertiary/aromatic N) is 2. The third-order valence-electron chi connectivity index (χ3n) is 2.92. The first kappa shape index (κ1) is 14.7. The molecule has 104 valence electrons. The molecule has 1 atom stereocenters. The van der Waals surface area contributed by atoms with Gasteiger partial charge in [-0.05, 0) is 20.0 Å². The molecule has 0 fully saturated rings. The molecule has 0 aliphatic carbocycles. The highest BCUT2D eigenvalue weighted by Gasteiger charge is 2.25. The van der Waals surface area contributed by atoms with Crippen molar-refractivity contribution in [3.63, 3.8) is 0 Å². The van der Waals surface area contributed by atoms with Crippen LogP contribution in [0.15, 0.2) is 12.3 Å². The van der Waals surface area contributed by atoms with Crippen molar-refractivity contribution in [1.29, 1.82) is 0 Å². The van der Waals surface area contributed by atoms with Gasteiger partial charge in [0, 0.05) is 12.1 Å². The van der Waals surface area contributed by atoms with Gasteiger partial charge in [-0.15, -0.1) is 11.3 Å². The number of nitrogens with one attached hydrogen (secondary N) is 1. The summed E-state index contributed by atoms with van der Waals surface area (Å²) >= 11 is 13.6. The number of hydrogen-bond acceptors (Lipinski definition) is 4. The lowest BCUT2D eigenvalue weighted by Gasteiger charge is -2.18. The van der Waals surface area contributed by atoms with Crippen LogP contribution >= 0.6 is 34.5 Å². The third-order valence-corrected chi connectivity index (χ3v) is 4.44. The summed E-state index contributed by atoms with van der Waals surface area (Å²) < 4.78 is 8.62. The Kier molecular flexibility index (Phi) is 4.73. The third kappa shape index (κ3) is 2.74. The average molecular weight is 320 g/mol. The molecule has 0 spiro atoms. The Balaban J connectivity index is 2.53. The fourth-order valence-corrected chi connectivity index (χ4v) is 3.60. The highest BCUT2D eigenvalue weighted by molar-refractivity contribution is 7.20. The van der Waals surface area contributed by atoms with Gasteiger partial charge in [0.25, 0.3) is 0 Å². The van der Waals surface area contributed by atoms with E-state index >= 15 is 0 Å². The summed E-state index contributed by atoms with van der Waals surface area (Å²) in [7, 11) is 3.51. The maximum atomic E-state index is 6.25. The number of ether oxygens (including phenoxy) is 1. The summed E-state index contributed by atoms with van der Waals surface area (Å²) in [5, 5.41) is 7.56. The van der Waals surface area contributed by atoms with E-state index < -0.39 is 0 Å². The van der Waals surface area contributed by atoms with Crippen LogP contribution in [-0.2, 0) is 6.54 Å². The molecule has 0 bridgehead atoms. The summed E-state index contributed by atoms with van der Waals surface area (Å²) in [4.78, 5) is 0. The van der Waals surface area contributed by atoms with Crippen LogP contribution < -0.4 is 10.1 Å². The van der Waals surface area contributed by atoms with Gasteiger partial charge in [0.2, 0.25) is 0 Å². The van der Waals surface area contributed by atoms with Crippen LogP contribution in [0, 0.1) is 0 Å². The maximum absolute atomic E-state index is 6.25. The fraction of sp³-hybridized carbons (Fsp3) is 0.417. The lowest BCUT2D eigenvalue weighted by atomic mass is 10.1. The lowest BCUT2D eigenvalue weighted by Crippen LogP contribution is -2.21. The van der Waals surface area contributed by atoms with Gasteiger partial charge in [0.15, 0.2) is 5.75 Å². The zero-order valence-corrected chi connectivity index (χ0v) is 13.2. The molecule has 2 aromatic heterocycles. The standard InChI is InChI=1S/C12H15Cl2N3OS/c1-4-17-11(8(18-3)6-16-17)10(15-2)7-5-9(13)19-12(7)14/h5-6,10,15H,4H2,1-3H3. The lowest BCUT2D eigenvalue weighted by molar-refractivity contribution is 0.401. The first-order valence-corrected chi connectivity index (χ1v) is 7.41. The monoisotopic (exact) mass is 319 g/mol. The van der Waals surface area contributed by atoms with Crippen molar-refractivity contribution in [2.24, 2.45) is 0 Å². The minimum Gasteiger partial charge on any atom is -0.493 e. The maximum Gasteiger partial charge on any atom is 0.161 e. The van der Waals surface area contributed by atoms with Crippen molar-refractivity contribution >= 4 is 34.5 Å². The molecule has 0 saturated heterocycles. The summed E-state index contributed by atoms with van der Waals surface area (Å²) in [6.07, 6.45) is 1.71. The Hall–Kier alpha value is -0.750. The number of hydrogen-bond donors (Lipinski definition) is 1. The Labute approximate surface area is 126 Å². The fourth-order valence-electron chi connectivity index (χ4n) is 2.07. The van der Waals surface area contributed by atoms with Gasteiger partial charge in [-0.2, -0.15) is 5.10 Å². The topological polar surface area (TPSA) is 39.1 Å². The number of methoxy groups -OCH3 is 1. The van der Waals surface area contributed by atoms with E-state index in [2.05, 4.69) is 10.4 Å². The van der Waals surface area contributed by atoms with E-state index in [-0.39, 0.29) is 6.04 Å². The predicted octanol–water partition coefficient (Wildman–Crippen LogP) is 3.59. The van der Waals surface area contributed by atoms with E-state index in [4.69, 9.17) is 27.9 Å². The first-order valence-electron chi connectivity index (χ1n) is 5.84. The molecular weight excluding hydrogens is 305 g/mol. The predicted molar refractivity (Wildman–Crippen MR) is 79.7 cm³/mol. The second kappa shape index (κ2) is 6.13. The van der Waals surface area contributed by atoms with Crippen LogP contribution in [0.3, 0.4) is 0 Å². The van der Waals surface area contributed by atoms with Gasteiger partial charge in [-0.25, -0.2) is 0 Å². The molecule has 19 heavy (non-hydrogen) atoms. The van der Waals surface area contributed by atoms with Gasteiger partial charge in [-0.3, -0.25) is 4.68 Å². The van der Waals surface area contributed by atoms with Crippen LogP contribution in [0.1, 0.15) is 24.2 Å². The van der Waals surface area contributed by atoms with Crippen molar-refractivity contribution in [3.05, 3.63) is 32.2 Å². The summed E-state index contributed by atoms with van der Waals surface area (Å²) in [5.41, 5.74) is 1.89. The molecule has 0 saturated carbocycles. The van der Waals surface area contributed by atoms with Crippen LogP contribution in [0.5, 0.6) is 5.75 Å². The highest BCUT2D eigenvalue weighted by atomic mass is 35.5. The second-order valence-electron chi connectivity index (χ2n) is 3.92. The van der Waals surface area contributed by atoms with E-state index in [1.165, 1.54) is 11.3 Å². The van der Waals surface area contributed by atoms with Crippen molar-refractivity contribution in [2.45, 2.75) is 19.5 Å². The largest absolute Gasteiger partial charge is 0.493 e. The molecule has 2 rings (SSSR count). The molecule has 0 aromatic carbocycles. The highest BCUT2D eigenvalue weighted by Crippen LogP contribution is 2.39. The van der Waals surface area contributed by atoms with E-state index in [1.54, 1.807) is 13.3 Å². The van der Waals surface area contributed by atoms with Crippen LogP contribution in [-0.4, -0.2) is 23.9 Å². The molecule has 2 aromatic rings. The van der Waals surface area contributed by atoms with E-state index in [1.807, 2.05) is 24.7 Å². The minimum absolute atomic E-state index is 0.103. The number of halogens is 2. The number of aryl methyl sites for hydroxylation is 1. The normalized spacial score (nSPS) is 12.7. The van der Waals surface area contributed by atoms with Gasteiger partial charge < -0.3 is 10.1 Å². The van der Waals surface area contributed by atoms with E-state index in [0.29, 0.717) is 8.67 Å². The van der Waals surface area contributed by atoms with E-state index in [0.717, 1.165) is 23.6 Å². The Morgan fingerprint density at radius 3 is 2.74 bits per heavy atom. The summed E-state index contributed by atoms with van der Waals surface area (Å²) in [6, 6.07) is 1.77. The average Bonchev–Trinajstić information content (AvgIpc) is 2.94. The minimum atomic E-state index is -0.103. The Bertz CT molecular complexity index is 546. The quantitative estimate of drug-likeness (QED) is 0.915. The molecule has 1 unspecified atom stereocenters. The van der Waals surface area contributed by atoms with Gasteiger partial charge in [0.1, 0.15) is 5.69 Å². The SMILES string of the molecule is CCn1ncc(OC)c1C(NC)c1cc(Cl)sc1Cl. The van der Waals surface area contributed by atoms with Crippen LogP contribution in [0.2, 0.25) is 8.67 Å². The van der Waals surface area contributed by atoms with Crippen LogP contribution in [0.25, 0.3) is 0 Å². The Morgan fingerprint density at radius 1 is 1.53 bits per heavy atom. The molecule has 0 aliphatic rings. The number of aromatic nitrogens is 2. The van der Waals surface area contributed by atoms with Crippen molar-refractivity contribution in [3.8, 4) is 5.75 Å². The van der Waals surface area contributed by atoms with Gasteiger partial charge in [0.05, 0.1) is 28.0 Å². The number of rotatable bonds is 5. The molecule has 0 radical (unpaired) electrons. The molecule has 1 N–H and O–H groups in total. The zero-order valence-electron chi connectivity index (χ0n) is 10.9. The molecule has 4 nitrogen and oxygen atoms in total. The van der Waals surface area contributed by atoms with Crippen LogP contribution in [0.4, 0.5) is 0 Å². The molecule has 2 heterocycles.